The van der Waals surface area contributed by atoms with Crippen molar-refractivity contribution >= 4 is 23.6 Å². The number of nitrogens with one attached hydrogen (secondary N) is 1. The summed E-state index contributed by atoms with van der Waals surface area (Å²) >= 11 is 0. The van der Waals surface area contributed by atoms with E-state index >= 15 is 0 Å². The second-order valence-corrected chi connectivity index (χ2v) is 4.07. The van der Waals surface area contributed by atoms with Gasteiger partial charge in [-0.2, -0.15) is 0 Å². The number of hydrogen-bond acceptors (Lipinski definition) is 5. The molecule has 8 nitrogen and oxygen atoms in total. The average Bonchev–Trinajstić information content (AvgIpc) is 2.23. The summed E-state index contributed by atoms with van der Waals surface area (Å²) in [4.78, 5) is 44.8. The molecule has 8 heteroatoms. The van der Waals surface area contributed by atoms with Crippen molar-refractivity contribution in [3.8, 4) is 0 Å². The molecule has 0 saturated carbocycles. The lowest BCUT2D eigenvalue weighted by molar-refractivity contribution is -0.142. The highest BCUT2D eigenvalue weighted by atomic mass is 16.4. The van der Waals surface area contributed by atoms with E-state index in [-0.39, 0.29) is 12.3 Å². The van der Waals surface area contributed by atoms with E-state index < -0.39 is 37.0 Å². The summed E-state index contributed by atoms with van der Waals surface area (Å²) in [5.74, 6) is -3.25. The van der Waals surface area contributed by atoms with Crippen LogP contribution < -0.4 is 5.32 Å². The van der Waals surface area contributed by atoms with Gasteiger partial charge in [0.15, 0.2) is 5.78 Å². The number of Topliss-reactive ketones (excluding diaryl/α,β-unsaturated/α-hetero) is 1. The summed E-state index contributed by atoms with van der Waals surface area (Å²) in [5.41, 5.74) is 0. The van der Waals surface area contributed by atoms with Crippen molar-refractivity contribution in [1.82, 2.24) is 10.2 Å². The standard InChI is InChI=1S/C11H18N2O6/c1-3-8(7(2)14)12-9(15)4-13(5-10(16)17)6-11(18)19/h8H,3-6H2,1-2H3,(H,12,15)(H,16,17)(H,18,19)/t8-/m0/s1. The number of carbonyl (C=O) groups excluding carboxylic acids is 2. The monoisotopic (exact) mass is 274 g/mol. The molecule has 0 unspecified atom stereocenters. The number of carbonyl (C=O) groups is 4. The maximum atomic E-state index is 11.6. The molecule has 108 valence electrons. The zero-order valence-corrected chi connectivity index (χ0v) is 10.9. The van der Waals surface area contributed by atoms with Crippen molar-refractivity contribution in [3.05, 3.63) is 0 Å². The molecule has 0 spiro atoms. The Morgan fingerprint density at radius 3 is 1.84 bits per heavy atom. The van der Waals surface area contributed by atoms with Gasteiger partial charge in [-0.15, -0.1) is 0 Å². The summed E-state index contributed by atoms with van der Waals surface area (Å²) in [6.45, 7) is 1.55. The van der Waals surface area contributed by atoms with Crippen LogP contribution in [0.1, 0.15) is 20.3 Å². The molecule has 0 aliphatic heterocycles. The molecular formula is C11H18N2O6. The van der Waals surface area contributed by atoms with Gasteiger partial charge in [0.1, 0.15) is 0 Å². The maximum absolute atomic E-state index is 11.6. The highest BCUT2D eigenvalue weighted by Gasteiger charge is 2.20. The fourth-order valence-corrected chi connectivity index (χ4v) is 1.48. The molecular weight excluding hydrogens is 256 g/mol. The van der Waals surface area contributed by atoms with Crippen LogP contribution in [0.2, 0.25) is 0 Å². The molecule has 1 atom stereocenters. The molecule has 0 aliphatic rings. The van der Waals surface area contributed by atoms with Crippen LogP contribution in [0.15, 0.2) is 0 Å². The van der Waals surface area contributed by atoms with Crippen molar-refractivity contribution < 1.29 is 29.4 Å². The normalized spacial score (nSPS) is 11.9. The molecule has 0 aliphatic carbocycles. The molecule has 1 amide bonds. The number of carboxylic acids is 2. The van der Waals surface area contributed by atoms with Gasteiger partial charge >= 0.3 is 11.9 Å². The predicted octanol–water partition coefficient (Wildman–Crippen LogP) is -1.06. The van der Waals surface area contributed by atoms with E-state index in [1.54, 1.807) is 6.92 Å². The van der Waals surface area contributed by atoms with Crippen LogP contribution in [0.5, 0.6) is 0 Å². The zero-order valence-electron chi connectivity index (χ0n) is 10.9. The van der Waals surface area contributed by atoms with Gasteiger partial charge < -0.3 is 15.5 Å². The topological polar surface area (TPSA) is 124 Å². The summed E-state index contributed by atoms with van der Waals surface area (Å²) in [5, 5.41) is 19.6. The first-order valence-electron chi connectivity index (χ1n) is 5.72. The maximum Gasteiger partial charge on any atom is 0.317 e. The second-order valence-electron chi connectivity index (χ2n) is 4.07. The van der Waals surface area contributed by atoms with Gasteiger partial charge in [0, 0.05) is 0 Å². The van der Waals surface area contributed by atoms with E-state index in [4.69, 9.17) is 10.2 Å². The van der Waals surface area contributed by atoms with Crippen LogP contribution in [0.4, 0.5) is 0 Å². The molecule has 0 aromatic rings. The van der Waals surface area contributed by atoms with Crippen LogP contribution in [-0.2, 0) is 19.2 Å². The molecule has 0 aromatic heterocycles. The number of nitrogens with zero attached hydrogens (tertiary/aromatic N) is 1. The minimum Gasteiger partial charge on any atom is -0.480 e. The second kappa shape index (κ2) is 8.20. The van der Waals surface area contributed by atoms with Crippen molar-refractivity contribution in [2.45, 2.75) is 26.3 Å². The van der Waals surface area contributed by atoms with Crippen LogP contribution in [0.3, 0.4) is 0 Å². The van der Waals surface area contributed by atoms with Gasteiger partial charge in [-0.1, -0.05) is 6.92 Å². The lowest BCUT2D eigenvalue weighted by Crippen LogP contribution is -2.46. The van der Waals surface area contributed by atoms with Crippen LogP contribution in [-0.4, -0.2) is 64.4 Å². The largest absolute Gasteiger partial charge is 0.480 e. The Bertz CT molecular complexity index is 352. The Morgan fingerprint density at radius 2 is 1.53 bits per heavy atom. The lowest BCUT2D eigenvalue weighted by Gasteiger charge is -2.19. The van der Waals surface area contributed by atoms with Crippen molar-refractivity contribution in [1.29, 1.82) is 0 Å². The third kappa shape index (κ3) is 7.87. The lowest BCUT2D eigenvalue weighted by atomic mass is 10.1. The summed E-state index contributed by atoms with van der Waals surface area (Å²) in [6.07, 6.45) is 0.416. The van der Waals surface area contributed by atoms with Gasteiger partial charge in [-0.3, -0.25) is 24.1 Å². The first kappa shape index (κ1) is 17.0. The van der Waals surface area contributed by atoms with E-state index in [2.05, 4.69) is 5.32 Å². The molecule has 0 bridgehead atoms. The van der Waals surface area contributed by atoms with E-state index in [0.29, 0.717) is 6.42 Å². The van der Waals surface area contributed by atoms with E-state index in [1.807, 2.05) is 0 Å². The van der Waals surface area contributed by atoms with Crippen LogP contribution >= 0.6 is 0 Å². The fraction of sp³-hybridized carbons (Fsp3) is 0.636. The Hall–Kier alpha value is -1.96. The molecule has 0 aromatic carbocycles. The van der Waals surface area contributed by atoms with Crippen LogP contribution in [0.25, 0.3) is 0 Å². The SMILES string of the molecule is CC[C@H](NC(=O)CN(CC(=O)O)CC(=O)O)C(C)=O. The molecule has 0 radical (unpaired) electrons. The van der Waals surface area contributed by atoms with Crippen LogP contribution in [0, 0.1) is 0 Å². The fourth-order valence-electron chi connectivity index (χ4n) is 1.48. The Kier molecular flexibility index (Phi) is 7.35. The molecule has 0 saturated heterocycles. The minimum atomic E-state index is -1.23. The van der Waals surface area contributed by atoms with Crippen molar-refractivity contribution in [2.75, 3.05) is 19.6 Å². The molecule has 3 N–H and O–H groups in total. The summed E-state index contributed by atoms with van der Waals surface area (Å²) in [6, 6.07) is -0.635. The molecule has 0 fully saturated rings. The zero-order chi connectivity index (χ0) is 15.0. The number of amides is 1. The van der Waals surface area contributed by atoms with Crippen molar-refractivity contribution in [3.63, 3.8) is 0 Å². The van der Waals surface area contributed by atoms with Gasteiger partial charge in [0.2, 0.25) is 5.91 Å². The van der Waals surface area contributed by atoms with E-state index in [9.17, 15) is 19.2 Å². The Morgan fingerprint density at radius 1 is 1.05 bits per heavy atom. The van der Waals surface area contributed by atoms with Crippen molar-refractivity contribution in [2.24, 2.45) is 0 Å². The van der Waals surface area contributed by atoms with Gasteiger partial charge in [0.25, 0.3) is 0 Å². The number of carboxylic acid groups (broad SMARTS) is 2. The number of ketones is 1. The summed E-state index contributed by atoms with van der Waals surface area (Å²) < 4.78 is 0. The highest BCUT2D eigenvalue weighted by molar-refractivity contribution is 5.88. The average molecular weight is 274 g/mol. The number of hydrogen-bond donors (Lipinski definition) is 3. The van der Waals surface area contributed by atoms with Gasteiger partial charge in [0.05, 0.1) is 25.7 Å². The molecule has 0 heterocycles. The van der Waals surface area contributed by atoms with Gasteiger partial charge in [-0.25, -0.2) is 0 Å². The predicted molar refractivity (Wildman–Crippen MR) is 64.6 cm³/mol. The highest BCUT2D eigenvalue weighted by Crippen LogP contribution is 1.94. The smallest absolute Gasteiger partial charge is 0.317 e. The van der Waals surface area contributed by atoms with E-state index in [1.165, 1.54) is 6.92 Å². The Labute approximate surface area is 110 Å². The first-order valence-corrected chi connectivity index (χ1v) is 5.72. The minimum absolute atomic E-state index is 0.209. The van der Waals surface area contributed by atoms with E-state index in [0.717, 1.165) is 4.90 Å². The van der Waals surface area contributed by atoms with Gasteiger partial charge in [-0.05, 0) is 13.3 Å². The molecule has 19 heavy (non-hydrogen) atoms. The molecule has 0 rings (SSSR count). The summed E-state index contributed by atoms with van der Waals surface area (Å²) in [7, 11) is 0. The number of aliphatic carboxylic acids is 2. The third-order valence-electron chi connectivity index (χ3n) is 2.32. The first-order chi connectivity index (χ1) is 8.76. The third-order valence-corrected chi connectivity index (χ3v) is 2.32. The Balaban J connectivity index is 4.48. The number of rotatable bonds is 9. The quantitative estimate of drug-likeness (QED) is 0.489.